The van der Waals surface area contributed by atoms with Gasteiger partial charge in [-0.15, -0.1) is 0 Å². The van der Waals surface area contributed by atoms with Gasteiger partial charge in [-0.2, -0.15) is 0 Å². The molecule has 6 nitrogen and oxygen atoms in total. The highest BCUT2D eigenvalue weighted by Gasteiger charge is 2.16. The third-order valence-electron chi connectivity index (χ3n) is 5.63. The maximum atomic E-state index is 13.0. The predicted molar refractivity (Wildman–Crippen MR) is 130 cm³/mol. The third-order valence-corrected chi connectivity index (χ3v) is 5.63. The molecule has 0 aliphatic rings. The van der Waals surface area contributed by atoms with E-state index in [1.54, 1.807) is 11.0 Å². The van der Waals surface area contributed by atoms with Crippen LogP contribution < -0.4 is 5.32 Å². The molecule has 0 unspecified atom stereocenters. The van der Waals surface area contributed by atoms with Crippen LogP contribution in [-0.2, 0) is 24.3 Å². The largest absolute Gasteiger partial charge is 0.352 e. The van der Waals surface area contributed by atoms with E-state index in [1.165, 1.54) is 0 Å². The van der Waals surface area contributed by atoms with Gasteiger partial charge in [-0.05, 0) is 36.8 Å². The van der Waals surface area contributed by atoms with Gasteiger partial charge >= 0.3 is 0 Å². The lowest BCUT2D eigenvalue weighted by molar-refractivity contribution is -0.131. The van der Waals surface area contributed by atoms with Crippen molar-refractivity contribution in [3.05, 3.63) is 101 Å². The average Bonchev–Trinajstić information content (AvgIpc) is 3.16. The van der Waals surface area contributed by atoms with Crippen LogP contribution in [0, 0.1) is 6.92 Å². The van der Waals surface area contributed by atoms with Crippen molar-refractivity contribution < 1.29 is 9.59 Å². The van der Waals surface area contributed by atoms with Crippen LogP contribution in [0.15, 0.2) is 78.9 Å². The Morgan fingerprint density at radius 3 is 2.52 bits per heavy atom. The number of hydrogen-bond acceptors (Lipinski definition) is 3. The first-order valence-corrected chi connectivity index (χ1v) is 11.1. The molecule has 0 saturated carbocycles. The van der Waals surface area contributed by atoms with Crippen molar-refractivity contribution in [1.29, 1.82) is 0 Å². The van der Waals surface area contributed by atoms with E-state index in [1.807, 2.05) is 91.3 Å². The van der Waals surface area contributed by atoms with E-state index in [0.717, 1.165) is 28.0 Å². The lowest BCUT2D eigenvalue weighted by atomic mass is 10.1. The summed E-state index contributed by atoms with van der Waals surface area (Å²) >= 11 is 0. The number of amides is 2. The Hall–Kier alpha value is -3.93. The summed E-state index contributed by atoms with van der Waals surface area (Å²) in [6.45, 7) is 3.15. The van der Waals surface area contributed by atoms with Crippen LogP contribution in [0.25, 0.3) is 11.0 Å². The van der Waals surface area contributed by atoms with Gasteiger partial charge in [-0.25, -0.2) is 4.98 Å². The second-order valence-electron chi connectivity index (χ2n) is 8.21. The number of benzene rings is 3. The van der Waals surface area contributed by atoms with Crippen LogP contribution in [0.1, 0.15) is 27.3 Å². The quantitative estimate of drug-likeness (QED) is 0.451. The van der Waals surface area contributed by atoms with Gasteiger partial charge in [0.1, 0.15) is 12.4 Å². The van der Waals surface area contributed by atoms with Crippen molar-refractivity contribution >= 4 is 22.8 Å². The van der Waals surface area contributed by atoms with Crippen molar-refractivity contribution in [2.75, 3.05) is 13.6 Å². The summed E-state index contributed by atoms with van der Waals surface area (Å²) in [5, 5.41) is 2.97. The molecule has 0 aliphatic heterocycles. The van der Waals surface area contributed by atoms with Gasteiger partial charge in [0.25, 0.3) is 5.91 Å². The third kappa shape index (κ3) is 5.47. The summed E-state index contributed by atoms with van der Waals surface area (Å²) in [5.74, 6) is 0.675. The zero-order valence-corrected chi connectivity index (χ0v) is 19.0. The van der Waals surface area contributed by atoms with Gasteiger partial charge in [0, 0.05) is 32.1 Å². The van der Waals surface area contributed by atoms with Gasteiger partial charge in [-0.1, -0.05) is 60.2 Å². The number of aryl methyl sites for hydroxylation is 1. The Labute approximate surface area is 193 Å². The number of carbonyl (C=O) groups excluding carboxylic acids is 2. The molecule has 33 heavy (non-hydrogen) atoms. The van der Waals surface area contributed by atoms with E-state index in [-0.39, 0.29) is 18.4 Å². The van der Waals surface area contributed by atoms with Gasteiger partial charge in [0.15, 0.2) is 0 Å². The fourth-order valence-electron chi connectivity index (χ4n) is 3.87. The van der Waals surface area contributed by atoms with E-state index in [0.29, 0.717) is 25.1 Å². The fourth-order valence-corrected chi connectivity index (χ4v) is 3.87. The molecule has 2 amide bonds. The smallest absolute Gasteiger partial charge is 0.251 e. The highest BCUT2D eigenvalue weighted by Crippen LogP contribution is 2.17. The molecule has 0 spiro atoms. The van der Waals surface area contributed by atoms with Crippen molar-refractivity contribution in [2.24, 2.45) is 0 Å². The normalized spacial score (nSPS) is 10.8. The highest BCUT2D eigenvalue weighted by atomic mass is 16.2. The predicted octanol–water partition coefficient (Wildman–Crippen LogP) is 3.98. The summed E-state index contributed by atoms with van der Waals surface area (Å²) in [7, 11) is 1.82. The van der Waals surface area contributed by atoms with E-state index in [9.17, 15) is 9.59 Å². The molecule has 4 aromatic rings. The molecule has 6 heteroatoms. The summed E-state index contributed by atoms with van der Waals surface area (Å²) in [5.41, 5.74) is 4.53. The number of carbonyl (C=O) groups is 2. The minimum Gasteiger partial charge on any atom is -0.352 e. The van der Waals surface area contributed by atoms with E-state index < -0.39 is 0 Å². The Morgan fingerprint density at radius 2 is 1.73 bits per heavy atom. The fraction of sp³-hybridized carbons (Fsp3) is 0.222. The molecule has 1 N–H and O–H groups in total. The molecule has 0 bridgehead atoms. The van der Waals surface area contributed by atoms with Crippen molar-refractivity contribution in [3.63, 3.8) is 0 Å². The zero-order chi connectivity index (χ0) is 23.2. The van der Waals surface area contributed by atoms with Crippen LogP contribution in [-0.4, -0.2) is 39.9 Å². The molecule has 0 saturated heterocycles. The molecule has 1 heterocycles. The number of imidazole rings is 1. The Bertz CT molecular complexity index is 1260. The number of rotatable bonds is 8. The summed E-state index contributed by atoms with van der Waals surface area (Å²) in [6.07, 6.45) is 0.530. The SMILES string of the molecule is Cc1cccc(C(=O)NCCc2nc3ccccc3n2CC(=O)N(C)Cc2ccccc2)c1. The molecule has 0 atom stereocenters. The number of para-hydroxylation sites is 2. The molecule has 0 aliphatic carbocycles. The molecule has 4 rings (SSSR count). The maximum absolute atomic E-state index is 13.0. The number of hydrogen-bond donors (Lipinski definition) is 1. The van der Waals surface area contributed by atoms with Crippen LogP contribution in [0.5, 0.6) is 0 Å². The molecule has 0 radical (unpaired) electrons. The Morgan fingerprint density at radius 1 is 0.970 bits per heavy atom. The Balaban J connectivity index is 1.46. The summed E-state index contributed by atoms with van der Waals surface area (Å²) in [4.78, 5) is 32.0. The van der Waals surface area contributed by atoms with Gasteiger partial charge in [0.05, 0.1) is 11.0 Å². The molecule has 0 fully saturated rings. The maximum Gasteiger partial charge on any atom is 0.251 e. The first-order chi connectivity index (χ1) is 16.0. The van der Waals surface area contributed by atoms with E-state index in [4.69, 9.17) is 4.98 Å². The number of nitrogens with one attached hydrogen (secondary N) is 1. The summed E-state index contributed by atoms with van der Waals surface area (Å²) in [6, 6.07) is 25.2. The van der Waals surface area contributed by atoms with Crippen molar-refractivity contribution in [1.82, 2.24) is 19.8 Å². The lowest BCUT2D eigenvalue weighted by Crippen LogP contribution is -2.31. The summed E-state index contributed by atoms with van der Waals surface area (Å²) < 4.78 is 1.96. The lowest BCUT2D eigenvalue weighted by Gasteiger charge is -2.19. The van der Waals surface area contributed by atoms with E-state index >= 15 is 0 Å². The van der Waals surface area contributed by atoms with Gasteiger partial charge < -0.3 is 14.8 Å². The average molecular weight is 441 g/mol. The second kappa shape index (κ2) is 10.1. The molecular weight excluding hydrogens is 412 g/mol. The first-order valence-electron chi connectivity index (χ1n) is 11.1. The van der Waals surface area contributed by atoms with Crippen LogP contribution in [0.3, 0.4) is 0 Å². The van der Waals surface area contributed by atoms with Crippen molar-refractivity contribution in [3.8, 4) is 0 Å². The van der Waals surface area contributed by atoms with Crippen LogP contribution in [0.2, 0.25) is 0 Å². The molecular formula is C27H28N4O2. The standard InChI is InChI=1S/C27H28N4O2/c1-20-9-8-12-22(17-20)27(33)28-16-15-25-29-23-13-6-7-14-24(23)31(25)19-26(32)30(2)18-21-10-4-3-5-11-21/h3-14,17H,15-16,18-19H2,1-2H3,(H,28,33). The monoisotopic (exact) mass is 440 g/mol. The number of likely N-dealkylation sites (N-methyl/N-ethyl adjacent to an activating group) is 1. The second-order valence-corrected chi connectivity index (χ2v) is 8.21. The number of nitrogens with zero attached hydrogens (tertiary/aromatic N) is 3. The minimum absolute atomic E-state index is 0.00653. The highest BCUT2D eigenvalue weighted by molar-refractivity contribution is 5.94. The Kier molecular flexibility index (Phi) is 6.83. The molecule has 168 valence electrons. The number of aromatic nitrogens is 2. The van der Waals surface area contributed by atoms with Gasteiger partial charge in [0.2, 0.25) is 5.91 Å². The topological polar surface area (TPSA) is 67.2 Å². The minimum atomic E-state index is -0.111. The van der Waals surface area contributed by atoms with E-state index in [2.05, 4.69) is 5.32 Å². The van der Waals surface area contributed by atoms with Crippen molar-refractivity contribution in [2.45, 2.75) is 26.4 Å². The zero-order valence-electron chi connectivity index (χ0n) is 19.0. The molecule has 1 aromatic heterocycles. The first kappa shape index (κ1) is 22.3. The molecule has 3 aromatic carbocycles. The van der Waals surface area contributed by atoms with Gasteiger partial charge in [-0.3, -0.25) is 9.59 Å². The van der Waals surface area contributed by atoms with Crippen LogP contribution in [0.4, 0.5) is 0 Å². The van der Waals surface area contributed by atoms with Crippen LogP contribution >= 0.6 is 0 Å². The number of fused-ring (bicyclic) bond motifs is 1.